The first-order valence-electron chi connectivity index (χ1n) is 12.1. The number of benzene rings is 2. The standard InChI is InChI=1S/C28H26F4N2O4/c1-27(26(35)36)6-9-33(17-27)14-19-10-21-23(29)12-20(13-25(21)38-16-19)37-15-18-4-5-24(34-7-2-3-8-34)22(11-18)28(30,31)32/h2-5,7-8,10-13H,6,9,14-17H2,1H3,(H,35,36). The first-order valence-corrected chi connectivity index (χ1v) is 12.1. The van der Waals surface area contributed by atoms with Gasteiger partial charge in [-0.2, -0.15) is 13.2 Å². The molecular formula is C28H26F4N2O4. The molecule has 1 saturated heterocycles. The fourth-order valence-electron chi connectivity index (χ4n) is 4.86. The molecular weight excluding hydrogens is 504 g/mol. The lowest BCUT2D eigenvalue weighted by molar-refractivity contribution is -0.147. The number of rotatable bonds is 7. The fraction of sp³-hybridized carbons (Fsp3) is 0.321. The molecule has 0 saturated carbocycles. The number of nitrogens with zero attached hydrogens (tertiary/aromatic N) is 2. The molecule has 2 aliphatic heterocycles. The average molecular weight is 531 g/mol. The molecule has 6 nitrogen and oxygen atoms in total. The third kappa shape index (κ3) is 5.26. The number of aromatic nitrogens is 1. The van der Waals surface area contributed by atoms with Crippen molar-refractivity contribution in [1.82, 2.24) is 9.47 Å². The molecule has 1 aromatic heterocycles. The third-order valence-electron chi connectivity index (χ3n) is 6.98. The molecule has 1 N–H and O–H groups in total. The molecule has 10 heteroatoms. The Labute approximate surface area is 216 Å². The highest BCUT2D eigenvalue weighted by molar-refractivity contribution is 5.75. The highest BCUT2D eigenvalue weighted by Gasteiger charge is 2.40. The van der Waals surface area contributed by atoms with Crippen LogP contribution in [0.3, 0.4) is 0 Å². The molecule has 0 radical (unpaired) electrons. The number of carboxylic acids is 1. The van der Waals surface area contributed by atoms with Crippen LogP contribution < -0.4 is 9.47 Å². The number of halogens is 4. The number of carbonyl (C=O) groups is 1. The summed E-state index contributed by atoms with van der Waals surface area (Å²) in [6.07, 6.45) is 0.752. The van der Waals surface area contributed by atoms with Crippen molar-refractivity contribution in [2.75, 3.05) is 26.2 Å². The van der Waals surface area contributed by atoms with E-state index >= 15 is 0 Å². The molecule has 2 aliphatic rings. The van der Waals surface area contributed by atoms with Crippen molar-refractivity contribution < 1.29 is 36.9 Å². The normalized spacial score (nSPS) is 19.6. The Bertz CT molecular complexity index is 1380. The predicted molar refractivity (Wildman–Crippen MR) is 132 cm³/mol. The van der Waals surface area contributed by atoms with Gasteiger partial charge in [0.2, 0.25) is 0 Å². The van der Waals surface area contributed by atoms with Crippen LogP contribution in [0.2, 0.25) is 0 Å². The molecule has 5 rings (SSSR count). The van der Waals surface area contributed by atoms with Crippen molar-refractivity contribution in [1.29, 1.82) is 0 Å². The van der Waals surface area contributed by atoms with Gasteiger partial charge in [-0.3, -0.25) is 9.69 Å². The van der Waals surface area contributed by atoms with Gasteiger partial charge >= 0.3 is 12.1 Å². The summed E-state index contributed by atoms with van der Waals surface area (Å²) < 4.78 is 68.9. The van der Waals surface area contributed by atoms with Crippen molar-refractivity contribution in [2.45, 2.75) is 26.1 Å². The summed E-state index contributed by atoms with van der Waals surface area (Å²) >= 11 is 0. The highest BCUT2D eigenvalue weighted by Crippen LogP contribution is 2.37. The van der Waals surface area contributed by atoms with E-state index in [1.807, 2.05) is 4.90 Å². The summed E-state index contributed by atoms with van der Waals surface area (Å²) in [6.45, 7) is 3.26. The molecule has 0 aliphatic carbocycles. The molecule has 0 amide bonds. The van der Waals surface area contributed by atoms with Crippen LogP contribution in [0.1, 0.15) is 30.0 Å². The van der Waals surface area contributed by atoms with Gasteiger partial charge in [0.25, 0.3) is 0 Å². The minimum absolute atomic E-state index is 0.00332. The number of hydrogen-bond donors (Lipinski definition) is 1. The van der Waals surface area contributed by atoms with Crippen LogP contribution in [-0.2, 0) is 17.6 Å². The van der Waals surface area contributed by atoms with Gasteiger partial charge in [0.05, 0.1) is 22.2 Å². The van der Waals surface area contributed by atoms with E-state index in [-0.39, 0.29) is 41.5 Å². The van der Waals surface area contributed by atoms with Gasteiger partial charge in [-0.15, -0.1) is 0 Å². The molecule has 3 heterocycles. The van der Waals surface area contributed by atoms with Crippen LogP contribution in [0.25, 0.3) is 11.8 Å². The lowest BCUT2D eigenvalue weighted by atomic mass is 9.90. The molecule has 0 bridgehead atoms. The Morgan fingerprint density at radius 3 is 2.63 bits per heavy atom. The lowest BCUT2D eigenvalue weighted by Crippen LogP contribution is -2.33. The van der Waals surface area contributed by atoms with E-state index in [1.165, 1.54) is 35.2 Å². The Balaban J connectivity index is 1.29. The van der Waals surface area contributed by atoms with Gasteiger partial charge in [0.1, 0.15) is 30.5 Å². The van der Waals surface area contributed by atoms with Crippen LogP contribution in [0, 0.1) is 11.2 Å². The minimum Gasteiger partial charge on any atom is -0.489 e. The van der Waals surface area contributed by atoms with Crippen molar-refractivity contribution in [3.8, 4) is 17.2 Å². The maximum Gasteiger partial charge on any atom is 0.418 e. The summed E-state index contributed by atoms with van der Waals surface area (Å²) in [5.74, 6) is -0.993. The predicted octanol–water partition coefficient (Wildman–Crippen LogP) is 5.79. The SMILES string of the molecule is CC1(C(=O)O)CCN(CC2=Cc3c(F)cc(OCc4ccc(-n5cccc5)c(C(F)(F)F)c4)cc3OC2)C1. The summed E-state index contributed by atoms with van der Waals surface area (Å²) in [5.41, 5.74) is -0.225. The maximum atomic E-state index is 15.0. The van der Waals surface area contributed by atoms with Crippen LogP contribution >= 0.6 is 0 Å². The van der Waals surface area contributed by atoms with Gasteiger partial charge in [-0.05, 0) is 61.4 Å². The van der Waals surface area contributed by atoms with E-state index in [2.05, 4.69) is 0 Å². The highest BCUT2D eigenvalue weighted by atomic mass is 19.4. The largest absolute Gasteiger partial charge is 0.489 e. The average Bonchev–Trinajstić information content (AvgIpc) is 3.53. The second-order valence-electron chi connectivity index (χ2n) is 9.96. The zero-order valence-corrected chi connectivity index (χ0v) is 20.6. The topological polar surface area (TPSA) is 63.9 Å². The molecule has 1 atom stereocenters. The van der Waals surface area contributed by atoms with Crippen LogP contribution in [0.15, 0.2) is 60.4 Å². The number of hydrogen-bond acceptors (Lipinski definition) is 4. The van der Waals surface area contributed by atoms with Crippen molar-refractivity contribution in [3.05, 3.63) is 82.9 Å². The summed E-state index contributed by atoms with van der Waals surface area (Å²) in [4.78, 5) is 13.5. The van der Waals surface area contributed by atoms with Crippen LogP contribution in [0.5, 0.6) is 11.5 Å². The molecule has 200 valence electrons. The van der Waals surface area contributed by atoms with Crippen molar-refractivity contribution in [2.24, 2.45) is 5.41 Å². The molecule has 38 heavy (non-hydrogen) atoms. The molecule has 3 aromatic rings. The summed E-state index contributed by atoms with van der Waals surface area (Å²) in [6, 6.07) is 9.93. The minimum atomic E-state index is -4.56. The number of fused-ring (bicyclic) bond motifs is 1. The molecule has 0 spiro atoms. The third-order valence-corrected chi connectivity index (χ3v) is 6.98. The molecule has 2 aromatic carbocycles. The first kappa shape index (κ1) is 25.8. The lowest BCUT2D eigenvalue weighted by Gasteiger charge is -2.24. The van der Waals surface area contributed by atoms with Crippen LogP contribution in [-0.4, -0.2) is 46.8 Å². The van der Waals surface area contributed by atoms with E-state index < -0.39 is 28.9 Å². The van der Waals surface area contributed by atoms with E-state index in [4.69, 9.17) is 9.47 Å². The summed E-state index contributed by atoms with van der Waals surface area (Å²) in [5, 5.41) is 9.43. The quantitative estimate of drug-likeness (QED) is 0.392. The zero-order valence-electron chi connectivity index (χ0n) is 20.6. The maximum absolute atomic E-state index is 15.0. The zero-order chi connectivity index (χ0) is 27.1. The number of aliphatic carboxylic acids is 1. The Kier molecular flexibility index (Phi) is 6.68. The Hall–Kier alpha value is -3.79. The fourth-order valence-corrected chi connectivity index (χ4v) is 4.86. The summed E-state index contributed by atoms with van der Waals surface area (Å²) in [7, 11) is 0. The monoisotopic (exact) mass is 530 g/mol. The van der Waals surface area contributed by atoms with Crippen LogP contribution in [0.4, 0.5) is 17.6 Å². The Morgan fingerprint density at radius 1 is 1.18 bits per heavy atom. The van der Waals surface area contributed by atoms with Gasteiger partial charge in [-0.25, -0.2) is 4.39 Å². The second kappa shape index (κ2) is 9.83. The molecule has 1 unspecified atom stereocenters. The Morgan fingerprint density at radius 2 is 1.95 bits per heavy atom. The van der Waals surface area contributed by atoms with E-state index in [9.17, 15) is 27.5 Å². The van der Waals surface area contributed by atoms with Gasteiger partial charge in [-0.1, -0.05) is 6.07 Å². The first-order chi connectivity index (χ1) is 18.0. The van der Waals surface area contributed by atoms with Gasteiger partial charge < -0.3 is 19.1 Å². The number of likely N-dealkylation sites (tertiary alicyclic amines) is 1. The van der Waals surface area contributed by atoms with E-state index in [1.54, 1.807) is 31.2 Å². The van der Waals surface area contributed by atoms with Crippen molar-refractivity contribution >= 4 is 12.0 Å². The van der Waals surface area contributed by atoms with Crippen molar-refractivity contribution in [3.63, 3.8) is 0 Å². The van der Waals surface area contributed by atoms with Gasteiger partial charge in [0, 0.05) is 37.6 Å². The van der Waals surface area contributed by atoms with E-state index in [0.717, 1.165) is 11.6 Å². The number of ether oxygens (including phenoxy) is 2. The van der Waals surface area contributed by atoms with E-state index in [0.29, 0.717) is 26.1 Å². The smallest absolute Gasteiger partial charge is 0.418 e. The number of alkyl halides is 3. The molecule has 1 fully saturated rings. The second-order valence-corrected chi connectivity index (χ2v) is 9.96. The van der Waals surface area contributed by atoms with Gasteiger partial charge in [0.15, 0.2) is 0 Å². The number of carboxylic acid groups (broad SMARTS) is 1.